The molecule has 0 saturated heterocycles. The lowest BCUT2D eigenvalue weighted by Gasteiger charge is -2.26. The van der Waals surface area contributed by atoms with E-state index in [4.69, 9.17) is 24.7 Å². The van der Waals surface area contributed by atoms with Gasteiger partial charge >= 0.3 is 0 Å². The third-order valence-corrected chi connectivity index (χ3v) is 2.66. The molecule has 17 heavy (non-hydrogen) atoms. The molecule has 0 spiro atoms. The Hall–Kier alpha value is -0.200. The number of methoxy groups -OCH3 is 1. The quantitative estimate of drug-likeness (QED) is 0.519. The first kappa shape index (κ1) is 16.8. The van der Waals surface area contributed by atoms with E-state index in [-0.39, 0.29) is 5.60 Å². The summed E-state index contributed by atoms with van der Waals surface area (Å²) in [4.78, 5) is 0. The molecule has 0 fully saturated rings. The average Bonchev–Trinajstić information content (AvgIpc) is 2.36. The summed E-state index contributed by atoms with van der Waals surface area (Å²) in [6.45, 7) is 8.15. The highest BCUT2D eigenvalue weighted by Crippen LogP contribution is 2.12. The summed E-state index contributed by atoms with van der Waals surface area (Å²) in [5.74, 6) is 0. The van der Waals surface area contributed by atoms with Crippen LogP contribution in [0.25, 0.3) is 0 Å². The molecule has 0 rings (SSSR count). The van der Waals surface area contributed by atoms with Gasteiger partial charge in [-0.1, -0.05) is 6.92 Å². The summed E-state index contributed by atoms with van der Waals surface area (Å²) in [6, 6.07) is 0. The molecule has 1 unspecified atom stereocenters. The van der Waals surface area contributed by atoms with Crippen molar-refractivity contribution >= 4 is 0 Å². The second-order valence-electron chi connectivity index (χ2n) is 4.07. The molecule has 0 aliphatic rings. The zero-order valence-electron chi connectivity index (χ0n) is 11.4. The highest BCUT2D eigenvalue weighted by Gasteiger charge is 2.19. The lowest BCUT2D eigenvalue weighted by atomic mass is 10.0. The van der Waals surface area contributed by atoms with E-state index < -0.39 is 0 Å². The fraction of sp³-hybridized carbons (Fsp3) is 1.00. The summed E-state index contributed by atoms with van der Waals surface area (Å²) < 4.78 is 21.1. The Kier molecular flexibility index (Phi) is 10.8. The van der Waals surface area contributed by atoms with Gasteiger partial charge in [-0.3, -0.25) is 0 Å². The molecule has 5 heteroatoms. The van der Waals surface area contributed by atoms with E-state index >= 15 is 0 Å². The summed E-state index contributed by atoms with van der Waals surface area (Å²) in [6.07, 6.45) is 0.906. The summed E-state index contributed by atoms with van der Waals surface area (Å²) in [5.41, 5.74) is 5.40. The molecule has 0 bridgehead atoms. The largest absolute Gasteiger partial charge is 0.382 e. The molecular weight excluding hydrogens is 222 g/mol. The van der Waals surface area contributed by atoms with Gasteiger partial charge in [0.15, 0.2) is 0 Å². The molecule has 104 valence electrons. The highest BCUT2D eigenvalue weighted by molar-refractivity contribution is 4.73. The minimum absolute atomic E-state index is 0.224. The highest BCUT2D eigenvalue weighted by atomic mass is 16.6. The molecule has 0 amide bonds. The SMILES string of the molecule is CCC(C)(CN)OCCOCCOCCOC. The predicted octanol–water partition coefficient (Wildman–Crippen LogP) is 0.810. The van der Waals surface area contributed by atoms with Crippen molar-refractivity contribution in [3.8, 4) is 0 Å². The lowest BCUT2D eigenvalue weighted by molar-refractivity contribution is -0.0595. The number of rotatable bonds is 12. The molecule has 0 aromatic carbocycles. The molecule has 1 atom stereocenters. The van der Waals surface area contributed by atoms with E-state index in [1.807, 2.05) is 6.92 Å². The van der Waals surface area contributed by atoms with Crippen LogP contribution in [0.1, 0.15) is 20.3 Å². The van der Waals surface area contributed by atoms with Crippen LogP contribution in [0, 0.1) is 0 Å². The third kappa shape index (κ3) is 9.50. The monoisotopic (exact) mass is 249 g/mol. The molecule has 2 N–H and O–H groups in total. The summed E-state index contributed by atoms with van der Waals surface area (Å²) in [7, 11) is 1.65. The van der Waals surface area contributed by atoms with Crippen LogP contribution in [0.2, 0.25) is 0 Å². The van der Waals surface area contributed by atoms with Crippen LogP contribution in [-0.4, -0.2) is 58.9 Å². The topological polar surface area (TPSA) is 62.9 Å². The first-order valence-electron chi connectivity index (χ1n) is 6.17. The van der Waals surface area contributed by atoms with Gasteiger partial charge in [0.05, 0.1) is 45.2 Å². The van der Waals surface area contributed by atoms with Gasteiger partial charge in [0.2, 0.25) is 0 Å². The van der Waals surface area contributed by atoms with Gasteiger partial charge in [-0.25, -0.2) is 0 Å². The Morgan fingerprint density at radius 2 is 1.47 bits per heavy atom. The van der Waals surface area contributed by atoms with Crippen LogP contribution < -0.4 is 5.73 Å². The van der Waals surface area contributed by atoms with E-state index in [1.54, 1.807) is 7.11 Å². The van der Waals surface area contributed by atoms with Gasteiger partial charge in [0.25, 0.3) is 0 Å². The predicted molar refractivity (Wildman–Crippen MR) is 67.2 cm³/mol. The maximum atomic E-state index is 5.66. The standard InChI is InChI=1S/C12H27NO4/c1-4-12(2,11-13)17-10-9-16-8-7-15-6-5-14-3/h4-11,13H2,1-3H3. The molecule has 0 aliphatic heterocycles. The van der Waals surface area contributed by atoms with Gasteiger partial charge in [-0.2, -0.15) is 0 Å². The van der Waals surface area contributed by atoms with Crippen molar-refractivity contribution < 1.29 is 18.9 Å². The smallest absolute Gasteiger partial charge is 0.0774 e. The zero-order chi connectivity index (χ0) is 13.0. The minimum Gasteiger partial charge on any atom is -0.382 e. The Morgan fingerprint density at radius 1 is 0.941 bits per heavy atom. The molecular formula is C12H27NO4. The van der Waals surface area contributed by atoms with Crippen molar-refractivity contribution in [3.05, 3.63) is 0 Å². The minimum atomic E-state index is -0.224. The fourth-order valence-electron chi connectivity index (χ4n) is 1.12. The number of hydrogen-bond acceptors (Lipinski definition) is 5. The van der Waals surface area contributed by atoms with Gasteiger partial charge in [-0.05, 0) is 13.3 Å². The maximum absolute atomic E-state index is 5.66. The van der Waals surface area contributed by atoms with Gasteiger partial charge in [0, 0.05) is 13.7 Å². The van der Waals surface area contributed by atoms with Gasteiger partial charge < -0.3 is 24.7 Å². The molecule has 0 aromatic rings. The first-order valence-corrected chi connectivity index (χ1v) is 6.17. The third-order valence-electron chi connectivity index (χ3n) is 2.66. The first-order chi connectivity index (χ1) is 8.18. The molecule has 0 aromatic heterocycles. The lowest BCUT2D eigenvalue weighted by Crippen LogP contribution is -2.37. The van der Waals surface area contributed by atoms with E-state index in [2.05, 4.69) is 6.92 Å². The van der Waals surface area contributed by atoms with E-state index in [0.29, 0.717) is 46.2 Å². The van der Waals surface area contributed by atoms with E-state index in [0.717, 1.165) is 6.42 Å². The van der Waals surface area contributed by atoms with Crippen molar-refractivity contribution in [2.24, 2.45) is 5.73 Å². The zero-order valence-corrected chi connectivity index (χ0v) is 11.4. The average molecular weight is 249 g/mol. The van der Waals surface area contributed by atoms with E-state index in [1.165, 1.54) is 0 Å². The van der Waals surface area contributed by atoms with Crippen molar-refractivity contribution in [3.63, 3.8) is 0 Å². The van der Waals surface area contributed by atoms with Gasteiger partial charge in [-0.15, -0.1) is 0 Å². The number of ether oxygens (including phenoxy) is 4. The maximum Gasteiger partial charge on any atom is 0.0774 e. The van der Waals surface area contributed by atoms with Crippen molar-refractivity contribution in [1.82, 2.24) is 0 Å². The van der Waals surface area contributed by atoms with Crippen LogP contribution in [0.5, 0.6) is 0 Å². The Bertz CT molecular complexity index is 163. The Morgan fingerprint density at radius 3 is 1.94 bits per heavy atom. The Labute approximate surface area is 105 Å². The van der Waals surface area contributed by atoms with Gasteiger partial charge in [0.1, 0.15) is 0 Å². The summed E-state index contributed by atoms with van der Waals surface area (Å²) >= 11 is 0. The van der Waals surface area contributed by atoms with E-state index in [9.17, 15) is 0 Å². The van der Waals surface area contributed by atoms with Crippen LogP contribution >= 0.6 is 0 Å². The molecule has 5 nitrogen and oxygen atoms in total. The van der Waals surface area contributed by atoms with Crippen LogP contribution in [0.15, 0.2) is 0 Å². The normalized spacial score (nSPS) is 14.8. The van der Waals surface area contributed by atoms with Crippen molar-refractivity contribution in [1.29, 1.82) is 0 Å². The fourth-order valence-corrected chi connectivity index (χ4v) is 1.12. The van der Waals surface area contributed by atoms with Crippen molar-refractivity contribution in [2.75, 3.05) is 53.3 Å². The molecule has 0 heterocycles. The number of hydrogen-bond donors (Lipinski definition) is 1. The molecule has 0 aliphatic carbocycles. The van der Waals surface area contributed by atoms with Crippen LogP contribution in [0.4, 0.5) is 0 Å². The van der Waals surface area contributed by atoms with Crippen LogP contribution in [-0.2, 0) is 18.9 Å². The Balaban J connectivity index is 3.23. The van der Waals surface area contributed by atoms with Crippen molar-refractivity contribution in [2.45, 2.75) is 25.9 Å². The second-order valence-corrected chi connectivity index (χ2v) is 4.07. The van der Waals surface area contributed by atoms with Crippen LogP contribution in [0.3, 0.4) is 0 Å². The molecule has 0 saturated carbocycles. The summed E-state index contributed by atoms with van der Waals surface area (Å²) in [5, 5.41) is 0. The number of nitrogens with two attached hydrogens (primary N) is 1. The second kappa shape index (κ2) is 10.9. The molecule has 0 radical (unpaired) electrons.